The lowest BCUT2D eigenvalue weighted by atomic mass is 9.99. The molecular formula is C25H21ClFN5O4. The number of nitrogens with one attached hydrogen (secondary N) is 2. The smallest absolute Gasteiger partial charge is 0.439 e. The lowest BCUT2D eigenvalue weighted by molar-refractivity contribution is 0.388. The zero-order valence-corrected chi connectivity index (χ0v) is 20.5. The fourth-order valence-corrected chi connectivity index (χ4v) is 4.39. The Bertz CT molecular complexity index is 1750. The fourth-order valence-electron chi connectivity index (χ4n) is 4.24. The molecule has 0 aliphatic heterocycles. The maximum Gasteiger partial charge on any atom is 0.439 e. The number of anilines is 1. The molecule has 0 saturated heterocycles. The molecule has 0 fully saturated rings. The number of H-pyrrole nitrogens is 1. The van der Waals surface area contributed by atoms with Crippen molar-refractivity contribution in [3.8, 4) is 22.8 Å². The summed E-state index contributed by atoms with van der Waals surface area (Å²) in [7, 11) is 1.70. The third-order valence-electron chi connectivity index (χ3n) is 5.91. The van der Waals surface area contributed by atoms with Crippen LogP contribution >= 0.6 is 11.6 Å². The van der Waals surface area contributed by atoms with Crippen LogP contribution in [0.2, 0.25) is 5.15 Å². The molecule has 5 aromatic rings. The van der Waals surface area contributed by atoms with E-state index in [1.54, 1.807) is 42.9 Å². The molecule has 0 radical (unpaired) electrons. The van der Waals surface area contributed by atoms with E-state index in [0.717, 1.165) is 5.56 Å². The normalized spacial score (nSPS) is 12.3. The number of rotatable bonds is 5. The van der Waals surface area contributed by atoms with E-state index in [9.17, 15) is 14.0 Å². The molecule has 1 aromatic carbocycles. The van der Waals surface area contributed by atoms with Gasteiger partial charge in [-0.05, 0) is 44.5 Å². The minimum absolute atomic E-state index is 0.107. The van der Waals surface area contributed by atoms with E-state index in [-0.39, 0.29) is 33.4 Å². The van der Waals surface area contributed by atoms with E-state index in [1.807, 2.05) is 19.9 Å². The second-order valence-corrected chi connectivity index (χ2v) is 9.03. The van der Waals surface area contributed by atoms with Crippen LogP contribution in [0.1, 0.15) is 29.7 Å². The van der Waals surface area contributed by atoms with Gasteiger partial charge in [-0.1, -0.05) is 22.8 Å². The van der Waals surface area contributed by atoms with Crippen molar-refractivity contribution in [2.45, 2.75) is 26.8 Å². The second kappa shape index (κ2) is 8.80. The highest BCUT2D eigenvalue weighted by Crippen LogP contribution is 2.34. The zero-order chi connectivity index (χ0) is 25.7. The summed E-state index contributed by atoms with van der Waals surface area (Å²) >= 11 is 6.08. The average Bonchev–Trinajstić information content (AvgIpc) is 3.41. The van der Waals surface area contributed by atoms with Crippen molar-refractivity contribution >= 4 is 28.3 Å². The lowest BCUT2D eigenvalue weighted by Gasteiger charge is -2.20. The molecule has 0 aliphatic rings. The monoisotopic (exact) mass is 509 g/mol. The summed E-state index contributed by atoms with van der Waals surface area (Å²) in [5.74, 6) is -0.929. The Labute approximate surface area is 208 Å². The molecule has 11 heteroatoms. The summed E-state index contributed by atoms with van der Waals surface area (Å²) in [5.41, 5.74) is 2.95. The maximum absolute atomic E-state index is 14.6. The average molecular weight is 510 g/mol. The minimum atomic E-state index is -0.728. The third-order valence-corrected chi connectivity index (χ3v) is 6.12. The molecule has 0 saturated carbocycles. The Morgan fingerprint density at radius 3 is 2.64 bits per heavy atom. The molecule has 1 atom stereocenters. The van der Waals surface area contributed by atoms with E-state index in [4.69, 9.17) is 16.0 Å². The summed E-state index contributed by atoms with van der Waals surface area (Å²) < 4.78 is 27.0. The van der Waals surface area contributed by atoms with Gasteiger partial charge in [-0.25, -0.2) is 14.2 Å². The predicted octanol–water partition coefficient (Wildman–Crippen LogP) is 5.12. The molecule has 36 heavy (non-hydrogen) atoms. The van der Waals surface area contributed by atoms with E-state index in [2.05, 4.69) is 25.0 Å². The number of hydrogen-bond acceptors (Lipinski definition) is 7. The van der Waals surface area contributed by atoms with Crippen LogP contribution in [0.25, 0.3) is 33.8 Å². The molecule has 9 nitrogen and oxygen atoms in total. The standard InChI is InChI=1S/C25H21ClFN5O4/c1-11-7-14(13(3)28-18-5-6-19(26)29-20(18)24-30-25(34)36-31-24)23-15(8-11)21(33)12(2)22(35-23)16-9-32(4)10-17(16)27/h5-10,13,28H,1-4H3,(H,30,31,34)/t13-/m1/s1. The SMILES string of the molecule is Cc1cc([C@@H](C)Nc2ccc(Cl)nc2-c2noc(=O)[nH]2)c2oc(-c3cn(C)cc3F)c(C)c(=O)c2c1. The number of aryl methyl sites for hydroxylation is 2. The predicted molar refractivity (Wildman–Crippen MR) is 134 cm³/mol. The van der Waals surface area contributed by atoms with Gasteiger partial charge in [-0.3, -0.25) is 14.3 Å². The van der Waals surface area contributed by atoms with Crippen LogP contribution in [0.5, 0.6) is 0 Å². The Morgan fingerprint density at radius 2 is 1.97 bits per heavy atom. The molecular weight excluding hydrogens is 489 g/mol. The fraction of sp³-hybridized carbons (Fsp3) is 0.200. The van der Waals surface area contributed by atoms with Gasteiger partial charge in [0, 0.05) is 30.6 Å². The van der Waals surface area contributed by atoms with Crippen molar-refractivity contribution < 1.29 is 13.3 Å². The molecule has 5 rings (SSSR count). The van der Waals surface area contributed by atoms with Crippen LogP contribution in [0, 0.1) is 19.7 Å². The van der Waals surface area contributed by atoms with Crippen LogP contribution in [0.15, 0.2) is 55.2 Å². The van der Waals surface area contributed by atoms with Crippen LogP contribution in [-0.2, 0) is 7.05 Å². The highest BCUT2D eigenvalue weighted by atomic mass is 35.5. The first-order valence-corrected chi connectivity index (χ1v) is 11.4. The zero-order valence-electron chi connectivity index (χ0n) is 19.8. The molecule has 0 aliphatic carbocycles. The largest absolute Gasteiger partial charge is 0.455 e. The van der Waals surface area contributed by atoms with Gasteiger partial charge in [0.05, 0.1) is 22.7 Å². The van der Waals surface area contributed by atoms with Gasteiger partial charge in [-0.15, -0.1) is 0 Å². The number of halogens is 2. The van der Waals surface area contributed by atoms with Gasteiger partial charge in [0.25, 0.3) is 0 Å². The van der Waals surface area contributed by atoms with Crippen molar-refractivity contribution in [3.05, 3.63) is 85.1 Å². The molecule has 0 amide bonds. The van der Waals surface area contributed by atoms with Crippen LogP contribution in [0.4, 0.5) is 10.1 Å². The summed E-state index contributed by atoms with van der Waals surface area (Å²) in [5, 5.41) is 7.63. The van der Waals surface area contributed by atoms with Crippen LogP contribution in [0.3, 0.4) is 0 Å². The van der Waals surface area contributed by atoms with E-state index in [1.165, 1.54) is 6.20 Å². The molecule has 0 bridgehead atoms. The van der Waals surface area contributed by atoms with Gasteiger partial charge < -0.3 is 14.3 Å². The highest BCUT2D eigenvalue weighted by molar-refractivity contribution is 6.29. The second-order valence-electron chi connectivity index (χ2n) is 8.64. The van der Waals surface area contributed by atoms with Gasteiger partial charge in [-0.2, -0.15) is 0 Å². The summed E-state index contributed by atoms with van der Waals surface area (Å²) in [6.45, 7) is 5.38. The third kappa shape index (κ3) is 4.09. The molecule has 0 unspecified atom stereocenters. The number of aromatic nitrogens is 4. The Hall–Kier alpha value is -4.18. The van der Waals surface area contributed by atoms with E-state index in [0.29, 0.717) is 27.8 Å². The molecule has 2 N–H and O–H groups in total. The molecule has 184 valence electrons. The Balaban J connectivity index is 1.66. The summed E-state index contributed by atoms with van der Waals surface area (Å²) in [6.07, 6.45) is 2.90. The number of benzene rings is 1. The number of aromatic amines is 1. The first-order valence-electron chi connectivity index (χ1n) is 11.0. The van der Waals surface area contributed by atoms with Crippen molar-refractivity contribution in [3.63, 3.8) is 0 Å². The maximum atomic E-state index is 14.6. The van der Waals surface area contributed by atoms with E-state index < -0.39 is 17.6 Å². The number of pyridine rings is 1. The first kappa shape index (κ1) is 23.6. The molecule has 4 aromatic heterocycles. The van der Waals surface area contributed by atoms with Gasteiger partial charge in [0.15, 0.2) is 11.2 Å². The topological polar surface area (TPSA) is 119 Å². The molecule has 0 spiro atoms. The number of nitrogens with zero attached hydrogens (tertiary/aromatic N) is 3. The van der Waals surface area contributed by atoms with Crippen molar-refractivity contribution in [1.82, 2.24) is 19.7 Å². The lowest BCUT2D eigenvalue weighted by Crippen LogP contribution is -2.13. The highest BCUT2D eigenvalue weighted by Gasteiger charge is 2.22. The Morgan fingerprint density at radius 1 is 1.19 bits per heavy atom. The number of fused-ring (bicyclic) bond motifs is 1. The van der Waals surface area contributed by atoms with Gasteiger partial charge in [0.2, 0.25) is 5.82 Å². The van der Waals surface area contributed by atoms with Crippen molar-refractivity contribution in [1.29, 1.82) is 0 Å². The number of hydrogen-bond donors (Lipinski definition) is 2. The minimum Gasteiger partial charge on any atom is -0.455 e. The van der Waals surface area contributed by atoms with Crippen LogP contribution < -0.4 is 16.5 Å². The van der Waals surface area contributed by atoms with E-state index >= 15 is 0 Å². The van der Waals surface area contributed by atoms with Gasteiger partial charge >= 0.3 is 5.76 Å². The first-order chi connectivity index (χ1) is 17.1. The quantitative estimate of drug-likeness (QED) is 0.315. The summed E-state index contributed by atoms with van der Waals surface area (Å²) in [4.78, 5) is 31.5. The summed E-state index contributed by atoms with van der Waals surface area (Å²) in [6, 6.07) is 6.52. The van der Waals surface area contributed by atoms with Crippen LogP contribution in [-0.4, -0.2) is 19.7 Å². The van der Waals surface area contributed by atoms with Crippen molar-refractivity contribution in [2.75, 3.05) is 5.32 Å². The van der Waals surface area contributed by atoms with Gasteiger partial charge in [0.1, 0.15) is 22.2 Å². The Kier molecular flexibility index (Phi) is 5.76. The molecule has 4 heterocycles. The van der Waals surface area contributed by atoms with Crippen molar-refractivity contribution in [2.24, 2.45) is 7.05 Å².